The van der Waals surface area contributed by atoms with Gasteiger partial charge < -0.3 is 15.2 Å². The van der Waals surface area contributed by atoms with Crippen molar-refractivity contribution >= 4 is 11.9 Å². The van der Waals surface area contributed by atoms with Crippen LogP contribution in [0.1, 0.15) is 39.0 Å². The normalized spacial score (nSPS) is 11.9. The number of carbonyl (C=O) groups excluding carboxylic acids is 2. The molecule has 1 amide bonds. The van der Waals surface area contributed by atoms with Crippen LogP contribution in [0.25, 0.3) is 0 Å². The lowest BCUT2D eigenvalue weighted by atomic mass is 10.1. The van der Waals surface area contributed by atoms with Gasteiger partial charge in [0.05, 0.1) is 7.11 Å². The summed E-state index contributed by atoms with van der Waals surface area (Å²) in [6, 6.07) is -0.545. The van der Waals surface area contributed by atoms with E-state index in [4.69, 9.17) is 5.11 Å². The summed E-state index contributed by atoms with van der Waals surface area (Å²) in [6.45, 7) is 2.02. The molecule has 0 bridgehead atoms. The van der Waals surface area contributed by atoms with E-state index in [1.165, 1.54) is 7.11 Å². The summed E-state index contributed by atoms with van der Waals surface area (Å²) < 4.78 is 4.60. The minimum atomic E-state index is -0.545. The van der Waals surface area contributed by atoms with Crippen molar-refractivity contribution in [2.45, 2.75) is 45.1 Å². The highest BCUT2D eigenvalue weighted by Crippen LogP contribution is 2.01. The predicted molar refractivity (Wildman–Crippen MR) is 59.8 cm³/mol. The fourth-order valence-electron chi connectivity index (χ4n) is 1.34. The maximum Gasteiger partial charge on any atom is 0.328 e. The van der Waals surface area contributed by atoms with E-state index in [9.17, 15) is 9.59 Å². The molecule has 0 aromatic heterocycles. The highest BCUT2D eigenvalue weighted by Gasteiger charge is 2.19. The van der Waals surface area contributed by atoms with Crippen molar-refractivity contribution in [2.75, 3.05) is 13.7 Å². The van der Waals surface area contributed by atoms with Gasteiger partial charge in [-0.3, -0.25) is 4.79 Å². The van der Waals surface area contributed by atoms with E-state index in [1.54, 1.807) is 0 Å². The van der Waals surface area contributed by atoms with Gasteiger partial charge in [0.2, 0.25) is 5.91 Å². The first-order valence-electron chi connectivity index (χ1n) is 5.63. The second-order valence-electron chi connectivity index (χ2n) is 3.61. The standard InChI is InChI=1S/C11H21NO4/c1-3-6-9(11(15)16-2)12-10(14)7-4-5-8-13/h9,13H,3-8H2,1-2H3,(H,12,14). The number of hydrogen-bond acceptors (Lipinski definition) is 4. The van der Waals surface area contributed by atoms with Crippen LogP contribution in [-0.4, -0.2) is 36.7 Å². The van der Waals surface area contributed by atoms with Gasteiger partial charge in [-0.25, -0.2) is 4.79 Å². The van der Waals surface area contributed by atoms with E-state index >= 15 is 0 Å². The Kier molecular flexibility index (Phi) is 8.52. The number of hydrogen-bond donors (Lipinski definition) is 2. The molecule has 5 heteroatoms. The summed E-state index contributed by atoms with van der Waals surface area (Å²) >= 11 is 0. The van der Waals surface area contributed by atoms with Crippen molar-refractivity contribution in [3.63, 3.8) is 0 Å². The van der Waals surface area contributed by atoms with Gasteiger partial charge in [-0.2, -0.15) is 0 Å². The van der Waals surface area contributed by atoms with Crippen LogP contribution in [0.3, 0.4) is 0 Å². The molecule has 0 aromatic carbocycles. The average molecular weight is 231 g/mol. The molecule has 2 N–H and O–H groups in total. The average Bonchev–Trinajstić information content (AvgIpc) is 2.28. The zero-order valence-electron chi connectivity index (χ0n) is 9.99. The number of unbranched alkanes of at least 4 members (excludes halogenated alkanes) is 1. The van der Waals surface area contributed by atoms with Crippen molar-refractivity contribution in [2.24, 2.45) is 0 Å². The Labute approximate surface area is 96.2 Å². The lowest BCUT2D eigenvalue weighted by Gasteiger charge is -2.15. The number of amides is 1. The summed E-state index contributed by atoms with van der Waals surface area (Å²) in [5, 5.41) is 11.2. The number of carbonyl (C=O) groups is 2. The number of aliphatic hydroxyl groups excluding tert-OH is 1. The van der Waals surface area contributed by atoms with Gasteiger partial charge in [0.1, 0.15) is 6.04 Å². The molecule has 0 spiro atoms. The Hall–Kier alpha value is -1.10. The van der Waals surface area contributed by atoms with Crippen LogP contribution in [-0.2, 0) is 14.3 Å². The molecule has 0 rings (SSSR count). The number of esters is 1. The molecule has 94 valence electrons. The van der Waals surface area contributed by atoms with Gasteiger partial charge >= 0.3 is 5.97 Å². The molecule has 0 aromatic rings. The van der Waals surface area contributed by atoms with Crippen LogP contribution in [0.15, 0.2) is 0 Å². The van der Waals surface area contributed by atoms with Gasteiger partial charge in [0, 0.05) is 13.0 Å². The molecule has 0 fully saturated rings. The number of ether oxygens (including phenoxy) is 1. The molecule has 1 atom stereocenters. The molecule has 0 radical (unpaired) electrons. The van der Waals surface area contributed by atoms with Gasteiger partial charge in [0.25, 0.3) is 0 Å². The van der Waals surface area contributed by atoms with Crippen molar-refractivity contribution in [3.05, 3.63) is 0 Å². The van der Waals surface area contributed by atoms with E-state index in [2.05, 4.69) is 10.1 Å². The molecular formula is C11H21NO4. The largest absolute Gasteiger partial charge is 0.467 e. The van der Waals surface area contributed by atoms with Crippen molar-refractivity contribution in [1.29, 1.82) is 0 Å². The molecule has 0 saturated heterocycles. The van der Waals surface area contributed by atoms with Crippen molar-refractivity contribution < 1.29 is 19.4 Å². The molecule has 1 unspecified atom stereocenters. The number of rotatable bonds is 8. The topological polar surface area (TPSA) is 75.6 Å². The Morgan fingerprint density at radius 1 is 1.38 bits per heavy atom. The SMILES string of the molecule is CCCC(NC(=O)CCCCO)C(=O)OC. The molecule has 0 heterocycles. The molecule has 0 saturated carbocycles. The van der Waals surface area contributed by atoms with Crippen LogP contribution < -0.4 is 5.32 Å². The summed E-state index contributed by atoms with van der Waals surface area (Å²) in [6.07, 6.45) is 2.94. The van der Waals surface area contributed by atoms with E-state index in [-0.39, 0.29) is 12.5 Å². The summed E-state index contributed by atoms with van der Waals surface area (Å²) in [5.74, 6) is -0.574. The monoisotopic (exact) mass is 231 g/mol. The molecule has 16 heavy (non-hydrogen) atoms. The second kappa shape index (κ2) is 9.15. The van der Waals surface area contributed by atoms with Gasteiger partial charge in [-0.15, -0.1) is 0 Å². The Bertz CT molecular complexity index is 218. The van der Waals surface area contributed by atoms with Crippen LogP contribution in [0.2, 0.25) is 0 Å². The lowest BCUT2D eigenvalue weighted by molar-refractivity contribution is -0.145. The maximum absolute atomic E-state index is 11.4. The third-order valence-corrected chi connectivity index (χ3v) is 2.21. The highest BCUT2D eigenvalue weighted by atomic mass is 16.5. The van der Waals surface area contributed by atoms with Crippen LogP contribution in [0, 0.1) is 0 Å². The quantitative estimate of drug-likeness (QED) is 0.474. The zero-order valence-corrected chi connectivity index (χ0v) is 9.99. The molecule has 0 aliphatic heterocycles. The van der Waals surface area contributed by atoms with Crippen molar-refractivity contribution in [1.82, 2.24) is 5.32 Å². The van der Waals surface area contributed by atoms with E-state index < -0.39 is 12.0 Å². The Morgan fingerprint density at radius 2 is 2.06 bits per heavy atom. The van der Waals surface area contributed by atoms with Gasteiger partial charge in [-0.05, 0) is 19.3 Å². The number of methoxy groups -OCH3 is 1. The fourth-order valence-corrected chi connectivity index (χ4v) is 1.34. The molecular weight excluding hydrogens is 210 g/mol. The lowest BCUT2D eigenvalue weighted by Crippen LogP contribution is -2.41. The minimum absolute atomic E-state index is 0.0860. The summed E-state index contributed by atoms with van der Waals surface area (Å²) in [5.41, 5.74) is 0. The van der Waals surface area contributed by atoms with E-state index in [0.29, 0.717) is 25.7 Å². The summed E-state index contributed by atoms with van der Waals surface area (Å²) in [7, 11) is 1.31. The first-order chi connectivity index (χ1) is 7.65. The van der Waals surface area contributed by atoms with Crippen molar-refractivity contribution in [3.8, 4) is 0 Å². The smallest absolute Gasteiger partial charge is 0.328 e. The van der Waals surface area contributed by atoms with Gasteiger partial charge in [-0.1, -0.05) is 13.3 Å². The number of aliphatic hydroxyl groups is 1. The third-order valence-electron chi connectivity index (χ3n) is 2.21. The molecule has 0 aliphatic rings. The van der Waals surface area contributed by atoms with Gasteiger partial charge in [0.15, 0.2) is 0 Å². The predicted octanol–water partition coefficient (Wildman–Crippen LogP) is 0.607. The molecule has 0 aliphatic carbocycles. The fraction of sp³-hybridized carbons (Fsp3) is 0.818. The Balaban J connectivity index is 3.97. The summed E-state index contributed by atoms with van der Waals surface area (Å²) in [4.78, 5) is 22.7. The zero-order chi connectivity index (χ0) is 12.4. The Morgan fingerprint density at radius 3 is 2.56 bits per heavy atom. The first-order valence-corrected chi connectivity index (χ1v) is 5.63. The van der Waals surface area contributed by atoms with Crippen LogP contribution in [0.4, 0.5) is 0 Å². The highest BCUT2D eigenvalue weighted by molar-refractivity contribution is 5.84. The minimum Gasteiger partial charge on any atom is -0.467 e. The van der Waals surface area contributed by atoms with E-state index in [0.717, 1.165) is 6.42 Å². The number of nitrogens with one attached hydrogen (secondary N) is 1. The van der Waals surface area contributed by atoms with Crippen LogP contribution >= 0.6 is 0 Å². The van der Waals surface area contributed by atoms with Crippen LogP contribution in [0.5, 0.6) is 0 Å². The maximum atomic E-state index is 11.4. The second-order valence-corrected chi connectivity index (χ2v) is 3.61. The molecule has 5 nitrogen and oxygen atoms in total. The third kappa shape index (κ3) is 6.40. The van der Waals surface area contributed by atoms with E-state index in [1.807, 2.05) is 6.92 Å². The first kappa shape index (κ1) is 14.9.